The molecular weight excluding hydrogens is 205 g/mol. The second-order valence-electron chi connectivity index (χ2n) is 2.75. The van der Waals surface area contributed by atoms with Crippen LogP contribution in [0, 0.1) is 0 Å². The molecule has 0 aliphatic heterocycles. The van der Waals surface area contributed by atoms with Gasteiger partial charge in [0.15, 0.2) is 0 Å². The number of anilines is 1. The van der Waals surface area contributed by atoms with Crippen LogP contribution in [0.2, 0.25) is 0 Å². The molecule has 70 valence electrons. The Morgan fingerprint density at radius 2 is 2.00 bits per heavy atom. The van der Waals surface area contributed by atoms with E-state index in [4.69, 9.17) is 23.2 Å². The van der Waals surface area contributed by atoms with Crippen molar-refractivity contribution in [1.82, 2.24) is 0 Å². The van der Waals surface area contributed by atoms with Gasteiger partial charge in [-0.15, -0.1) is 0 Å². The Morgan fingerprint density at radius 3 is 2.54 bits per heavy atom. The van der Waals surface area contributed by atoms with Crippen molar-refractivity contribution in [1.29, 1.82) is 0 Å². The number of halogens is 2. The topological polar surface area (TPSA) is 3.24 Å². The van der Waals surface area contributed by atoms with Gasteiger partial charge < -0.3 is 4.90 Å². The Balaban J connectivity index is 2.64. The first-order valence-corrected chi connectivity index (χ1v) is 4.76. The van der Waals surface area contributed by atoms with Crippen LogP contribution in [0.15, 0.2) is 40.9 Å². The lowest BCUT2D eigenvalue weighted by Crippen LogP contribution is -2.18. The molecule has 0 N–H and O–H groups in total. The zero-order chi connectivity index (χ0) is 9.68. The SMILES string of the molecule is CN(C/C(Cl)=C/Cl)c1ccccc1. The van der Waals surface area contributed by atoms with E-state index < -0.39 is 0 Å². The molecule has 0 radical (unpaired) electrons. The standard InChI is InChI=1S/C10H11Cl2N/c1-13(8-9(12)7-11)10-5-3-2-4-6-10/h2-7H,8H2,1H3/b9-7-. The maximum atomic E-state index is 5.80. The van der Waals surface area contributed by atoms with E-state index in [0.29, 0.717) is 11.6 Å². The molecule has 1 nitrogen and oxygen atoms in total. The number of benzene rings is 1. The molecule has 0 bridgehead atoms. The zero-order valence-electron chi connectivity index (χ0n) is 7.37. The second-order valence-corrected chi connectivity index (χ2v) is 3.45. The largest absolute Gasteiger partial charge is 0.369 e. The fourth-order valence-electron chi connectivity index (χ4n) is 1.03. The van der Waals surface area contributed by atoms with Gasteiger partial charge in [0.25, 0.3) is 0 Å². The summed E-state index contributed by atoms with van der Waals surface area (Å²) < 4.78 is 0. The van der Waals surface area contributed by atoms with Gasteiger partial charge in [-0.05, 0) is 12.1 Å². The highest BCUT2D eigenvalue weighted by molar-refractivity contribution is 6.36. The van der Waals surface area contributed by atoms with E-state index >= 15 is 0 Å². The molecule has 0 saturated carbocycles. The Bertz CT molecular complexity index is 282. The smallest absolute Gasteiger partial charge is 0.0542 e. The Labute approximate surface area is 88.6 Å². The first kappa shape index (κ1) is 10.4. The molecule has 0 aromatic heterocycles. The molecule has 13 heavy (non-hydrogen) atoms. The lowest BCUT2D eigenvalue weighted by molar-refractivity contribution is 1.02. The van der Waals surface area contributed by atoms with Crippen LogP contribution in [0.25, 0.3) is 0 Å². The normalized spacial score (nSPS) is 11.5. The van der Waals surface area contributed by atoms with E-state index in [0.717, 1.165) is 5.69 Å². The van der Waals surface area contributed by atoms with Crippen LogP contribution in [0.1, 0.15) is 0 Å². The van der Waals surface area contributed by atoms with E-state index in [2.05, 4.69) is 0 Å². The molecule has 0 amide bonds. The van der Waals surface area contributed by atoms with Crippen LogP contribution in [-0.4, -0.2) is 13.6 Å². The minimum atomic E-state index is 0.632. The van der Waals surface area contributed by atoms with Crippen LogP contribution in [0.3, 0.4) is 0 Å². The molecule has 0 saturated heterocycles. The van der Waals surface area contributed by atoms with Crippen LogP contribution >= 0.6 is 23.2 Å². The van der Waals surface area contributed by atoms with Crippen LogP contribution in [-0.2, 0) is 0 Å². The molecular formula is C10H11Cl2N. The molecule has 0 aliphatic rings. The highest BCUT2D eigenvalue weighted by Crippen LogP contribution is 2.14. The lowest BCUT2D eigenvalue weighted by atomic mass is 10.3. The highest BCUT2D eigenvalue weighted by atomic mass is 35.5. The van der Waals surface area contributed by atoms with Crippen molar-refractivity contribution < 1.29 is 0 Å². The van der Waals surface area contributed by atoms with Crippen molar-refractivity contribution in [3.8, 4) is 0 Å². The highest BCUT2D eigenvalue weighted by Gasteiger charge is 2.00. The number of rotatable bonds is 3. The van der Waals surface area contributed by atoms with Gasteiger partial charge in [-0.25, -0.2) is 0 Å². The third-order valence-corrected chi connectivity index (χ3v) is 2.31. The lowest BCUT2D eigenvalue weighted by Gasteiger charge is -2.18. The van der Waals surface area contributed by atoms with E-state index in [1.807, 2.05) is 42.3 Å². The quantitative estimate of drug-likeness (QED) is 0.747. The number of hydrogen-bond acceptors (Lipinski definition) is 1. The molecule has 0 unspecified atom stereocenters. The molecule has 0 fully saturated rings. The van der Waals surface area contributed by atoms with E-state index in [1.165, 1.54) is 5.54 Å². The van der Waals surface area contributed by atoms with Gasteiger partial charge in [0.2, 0.25) is 0 Å². The minimum Gasteiger partial charge on any atom is -0.369 e. The summed E-state index contributed by atoms with van der Waals surface area (Å²) in [4.78, 5) is 2.03. The first-order valence-electron chi connectivity index (χ1n) is 3.95. The number of para-hydroxylation sites is 1. The van der Waals surface area contributed by atoms with Gasteiger partial charge in [0.1, 0.15) is 0 Å². The van der Waals surface area contributed by atoms with Crippen molar-refractivity contribution in [2.75, 3.05) is 18.5 Å². The van der Waals surface area contributed by atoms with Crippen LogP contribution in [0.4, 0.5) is 5.69 Å². The molecule has 0 heterocycles. The Kier molecular flexibility index (Phi) is 4.13. The van der Waals surface area contributed by atoms with Crippen molar-refractivity contribution in [3.05, 3.63) is 40.9 Å². The van der Waals surface area contributed by atoms with Gasteiger partial charge in [-0.2, -0.15) is 0 Å². The second kappa shape index (κ2) is 5.15. The summed E-state index contributed by atoms with van der Waals surface area (Å²) in [5.41, 5.74) is 2.51. The van der Waals surface area contributed by atoms with Gasteiger partial charge in [-0.1, -0.05) is 41.4 Å². The van der Waals surface area contributed by atoms with Crippen molar-refractivity contribution in [3.63, 3.8) is 0 Å². The predicted octanol–water partition coefficient (Wildman–Crippen LogP) is 3.44. The third-order valence-electron chi connectivity index (χ3n) is 1.70. The number of nitrogens with zero attached hydrogens (tertiary/aromatic N) is 1. The molecule has 1 aromatic rings. The minimum absolute atomic E-state index is 0.632. The zero-order valence-corrected chi connectivity index (χ0v) is 8.89. The van der Waals surface area contributed by atoms with Gasteiger partial charge in [0, 0.05) is 23.3 Å². The van der Waals surface area contributed by atoms with Crippen molar-refractivity contribution in [2.45, 2.75) is 0 Å². The maximum Gasteiger partial charge on any atom is 0.0542 e. The Morgan fingerprint density at radius 1 is 1.38 bits per heavy atom. The van der Waals surface area contributed by atoms with Crippen molar-refractivity contribution >= 4 is 28.9 Å². The fourth-order valence-corrected chi connectivity index (χ4v) is 1.28. The summed E-state index contributed by atoms with van der Waals surface area (Å²) in [5, 5.41) is 0.632. The van der Waals surface area contributed by atoms with Crippen LogP contribution in [0.5, 0.6) is 0 Å². The molecule has 0 atom stereocenters. The summed E-state index contributed by atoms with van der Waals surface area (Å²) >= 11 is 11.3. The number of hydrogen-bond donors (Lipinski definition) is 0. The van der Waals surface area contributed by atoms with Crippen LogP contribution < -0.4 is 4.90 Å². The van der Waals surface area contributed by atoms with Gasteiger partial charge in [-0.3, -0.25) is 0 Å². The predicted molar refractivity (Wildman–Crippen MR) is 59.5 cm³/mol. The van der Waals surface area contributed by atoms with E-state index in [1.54, 1.807) is 0 Å². The van der Waals surface area contributed by atoms with E-state index in [9.17, 15) is 0 Å². The third kappa shape index (κ3) is 3.29. The molecule has 1 aromatic carbocycles. The molecule has 0 spiro atoms. The summed E-state index contributed by atoms with van der Waals surface area (Å²) in [5.74, 6) is 0. The fraction of sp³-hybridized carbons (Fsp3) is 0.200. The van der Waals surface area contributed by atoms with E-state index in [-0.39, 0.29) is 0 Å². The summed E-state index contributed by atoms with van der Waals surface area (Å²) in [6.45, 7) is 0.634. The average molecular weight is 216 g/mol. The molecule has 1 rings (SSSR count). The summed E-state index contributed by atoms with van der Waals surface area (Å²) in [6, 6.07) is 10.0. The van der Waals surface area contributed by atoms with Crippen molar-refractivity contribution in [2.24, 2.45) is 0 Å². The first-order chi connectivity index (χ1) is 6.24. The van der Waals surface area contributed by atoms with Gasteiger partial charge in [0.05, 0.1) is 6.54 Å². The Hall–Kier alpha value is -0.660. The molecule has 3 heteroatoms. The van der Waals surface area contributed by atoms with Gasteiger partial charge >= 0.3 is 0 Å². The summed E-state index contributed by atoms with van der Waals surface area (Å²) in [7, 11) is 1.97. The monoisotopic (exact) mass is 215 g/mol. The average Bonchev–Trinajstić information content (AvgIpc) is 2.19. The maximum absolute atomic E-state index is 5.80. The number of likely N-dealkylation sites (N-methyl/N-ethyl adjacent to an activating group) is 1. The molecule has 0 aliphatic carbocycles. The summed E-state index contributed by atoms with van der Waals surface area (Å²) in [6.07, 6.45) is 0.